The molecule has 1 fully saturated rings. The number of hydrogen-bond donors (Lipinski definition) is 3. The van der Waals surface area contributed by atoms with Crippen molar-refractivity contribution in [3.8, 4) is 0 Å². The number of piperidine rings is 1. The van der Waals surface area contributed by atoms with Crippen LogP contribution in [0.4, 0.5) is 15.8 Å². The summed E-state index contributed by atoms with van der Waals surface area (Å²) >= 11 is 6.15. The molecular weight excluding hydrogens is 339 g/mol. The average molecular weight is 361 g/mol. The number of benzene rings is 2. The van der Waals surface area contributed by atoms with Crippen molar-refractivity contribution < 1.29 is 4.39 Å². The SMILES string of the molecule is N=Cc1cc(NC2CCCN(Cc3ccc(F)cc3Cl)C2)ccc1N. The van der Waals surface area contributed by atoms with E-state index in [2.05, 4.69) is 10.2 Å². The molecule has 4 nitrogen and oxygen atoms in total. The van der Waals surface area contributed by atoms with Crippen LogP contribution in [-0.4, -0.2) is 30.2 Å². The van der Waals surface area contributed by atoms with Crippen LogP contribution in [-0.2, 0) is 6.54 Å². The van der Waals surface area contributed by atoms with Crippen LogP contribution in [0, 0.1) is 11.2 Å². The highest BCUT2D eigenvalue weighted by Crippen LogP contribution is 2.23. The molecular formula is C19H22ClFN4. The normalized spacial score (nSPS) is 18.1. The lowest BCUT2D eigenvalue weighted by Crippen LogP contribution is -2.41. The fourth-order valence-electron chi connectivity index (χ4n) is 3.23. The minimum absolute atomic E-state index is 0.308. The zero-order valence-electron chi connectivity index (χ0n) is 13.9. The first-order valence-corrected chi connectivity index (χ1v) is 8.76. The molecule has 1 saturated heterocycles. The third-order valence-corrected chi connectivity index (χ3v) is 4.88. The lowest BCUT2D eigenvalue weighted by atomic mass is 10.0. The Labute approximate surface area is 152 Å². The predicted octanol–water partition coefficient (Wildman–Crippen LogP) is 4.14. The maximum atomic E-state index is 13.2. The molecule has 2 aromatic rings. The van der Waals surface area contributed by atoms with Crippen molar-refractivity contribution in [2.75, 3.05) is 24.1 Å². The summed E-state index contributed by atoms with van der Waals surface area (Å²) < 4.78 is 13.2. The van der Waals surface area contributed by atoms with E-state index in [1.54, 1.807) is 6.07 Å². The van der Waals surface area contributed by atoms with Crippen molar-refractivity contribution in [3.05, 3.63) is 58.4 Å². The zero-order valence-corrected chi connectivity index (χ0v) is 14.7. The molecule has 0 amide bonds. The van der Waals surface area contributed by atoms with Gasteiger partial charge >= 0.3 is 0 Å². The van der Waals surface area contributed by atoms with Gasteiger partial charge in [-0.25, -0.2) is 4.39 Å². The van der Waals surface area contributed by atoms with Crippen LogP contribution in [0.5, 0.6) is 0 Å². The number of nitrogen functional groups attached to an aromatic ring is 1. The van der Waals surface area contributed by atoms with E-state index >= 15 is 0 Å². The lowest BCUT2D eigenvalue weighted by Gasteiger charge is -2.34. The minimum Gasteiger partial charge on any atom is -0.398 e. The van der Waals surface area contributed by atoms with Gasteiger partial charge in [-0.2, -0.15) is 0 Å². The summed E-state index contributed by atoms with van der Waals surface area (Å²) in [6, 6.07) is 10.6. The monoisotopic (exact) mass is 360 g/mol. The number of anilines is 2. The van der Waals surface area contributed by atoms with Crippen LogP contribution >= 0.6 is 11.6 Å². The van der Waals surface area contributed by atoms with Gasteiger partial charge in [0.2, 0.25) is 0 Å². The molecule has 3 rings (SSSR count). The summed E-state index contributed by atoms with van der Waals surface area (Å²) in [7, 11) is 0. The van der Waals surface area contributed by atoms with Crippen LogP contribution in [0.2, 0.25) is 5.02 Å². The third kappa shape index (κ3) is 4.50. The van der Waals surface area contributed by atoms with Gasteiger partial charge < -0.3 is 16.5 Å². The van der Waals surface area contributed by atoms with E-state index < -0.39 is 0 Å². The molecule has 0 aromatic heterocycles. The Morgan fingerprint density at radius 1 is 1.32 bits per heavy atom. The molecule has 2 aromatic carbocycles. The van der Waals surface area contributed by atoms with Crippen molar-refractivity contribution in [2.45, 2.75) is 25.4 Å². The second-order valence-corrected chi connectivity index (χ2v) is 6.85. The van der Waals surface area contributed by atoms with Gasteiger partial charge in [0.05, 0.1) is 0 Å². The Morgan fingerprint density at radius 2 is 2.16 bits per heavy atom. The highest BCUT2D eigenvalue weighted by Gasteiger charge is 2.20. The summed E-state index contributed by atoms with van der Waals surface area (Å²) in [4.78, 5) is 2.33. The first-order chi connectivity index (χ1) is 12.0. The molecule has 6 heteroatoms. The van der Waals surface area contributed by atoms with Crippen molar-refractivity contribution >= 4 is 29.2 Å². The second kappa shape index (κ2) is 7.85. The number of halogens is 2. The van der Waals surface area contributed by atoms with Gasteiger partial charge in [-0.3, -0.25) is 4.90 Å². The van der Waals surface area contributed by atoms with Crippen LogP contribution in [0.25, 0.3) is 0 Å². The van der Waals surface area contributed by atoms with E-state index in [0.717, 1.165) is 42.7 Å². The average Bonchev–Trinajstić information content (AvgIpc) is 2.59. The van der Waals surface area contributed by atoms with Crippen molar-refractivity contribution in [2.24, 2.45) is 0 Å². The maximum Gasteiger partial charge on any atom is 0.124 e. The van der Waals surface area contributed by atoms with E-state index in [9.17, 15) is 4.39 Å². The Hall–Kier alpha value is -2.11. The lowest BCUT2D eigenvalue weighted by molar-refractivity contribution is 0.208. The van der Waals surface area contributed by atoms with Gasteiger partial charge in [0.15, 0.2) is 0 Å². The van der Waals surface area contributed by atoms with E-state index in [1.807, 2.05) is 18.2 Å². The molecule has 1 aliphatic heterocycles. The highest BCUT2D eigenvalue weighted by molar-refractivity contribution is 6.31. The molecule has 4 N–H and O–H groups in total. The van der Waals surface area contributed by atoms with Gasteiger partial charge in [-0.15, -0.1) is 0 Å². The van der Waals surface area contributed by atoms with E-state index in [-0.39, 0.29) is 5.82 Å². The smallest absolute Gasteiger partial charge is 0.124 e. The van der Waals surface area contributed by atoms with Gasteiger partial charge in [-0.1, -0.05) is 17.7 Å². The van der Waals surface area contributed by atoms with Crippen molar-refractivity contribution in [1.82, 2.24) is 4.90 Å². The molecule has 1 aliphatic rings. The van der Waals surface area contributed by atoms with Crippen LogP contribution in [0.15, 0.2) is 36.4 Å². The van der Waals surface area contributed by atoms with E-state index in [4.69, 9.17) is 22.7 Å². The Balaban J connectivity index is 1.64. The number of nitrogens with two attached hydrogens (primary N) is 1. The van der Waals surface area contributed by atoms with Crippen molar-refractivity contribution in [1.29, 1.82) is 5.41 Å². The summed E-state index contributed by atoms with van der Waals surface area (Å²) in [5.41, 5.74) is 9.08. The first-order valence-electron chi connectivity index (χ1n) is 8.38. The molecule has 25 heavy (non-hydrogen) atoms. The highest BCUT2D eigenvalue weighted by atomic mass is 35.5. The molecule has 0 bridgehead atoms. The summed E-state index contributed by atoms with van der Waals surface area (Å²) in [6.45, 7) is 2.60. The second-order valence-electron chi connectivity index (χ2n) is 6.44. The standard InChI is InChI=1S/C19H22ClFN4/c20-18-9-15(21)4-3-13(18)11-25-7-1-2-17(12-25)24-16-5-6-19(23)14(8-16)10-22/h3-6,8-10,17,22,24H,1-2,7,11-12,23H2. The topological polar surface area (TPSA) is 65.1 Å². The van der Waals surface area contributed by atoms with Crippen molar-refractivity contribution in [3.63, 3.8) is 0 Å². The number of rotatable bonds is 5. The van der Waals surface area contributed by atoms with Gasteiger partial charge in [0.25, 0.3) is 0 Å². The molecule has 132 valence electrons. The molecule has 1 heterocycles. The fraction of sp³-hybridized carbons (Fsp3) is 0.316. The van der Waals surface area contributed by atoms with Crippen LogP contribution < -0.4 is 11.1 Å². The van der Waals surface area contributed by atoms with E-state index in [1.165, 1.54) is 18.3 Å². The van der Waals surface area contributed by atoms with Gasteiger partial charge in [0.1, 0.15) is 5.82 Å². The first kappa shape index (κ1) is 17.7. The Kier molecular flexibility index (Phi) is 5.56. The molecule has 1 atom stereocenters. The molecule has 0 radical (unpaired) electrons. The van der Waals surface area contributed by atoms with Gasteiger partial charge in [0, 0.05) is 47.3 Å². The summed E-state index contributed by atoms with van der Waals surface area (Å²) in [5.74, 6) is -0.308. The summed E-state index contributed by atoms with van der Waals surface area (Å²) in [6.07, 6.45) is 3.44. The fourth-order valence-corrected chi connectivity index (χ4v) is 3.46. The van der Waals surface area contributed by atoms with E-state index in [0.29, 0.717) is 23.3 Å². The molecule has 1 unspecified atom stereocenters. The number of hydrogen-bond acceptors (Lipinski definition) is 4. The predicted molar refractivity (Wildman–Crippen MR) is 102 cm³/mol. The molecule has 0 saturated carbocycles. The number of nitrogens with one attached hydrogen (secondary N) is 2. The largest absolute Gasteiger partial charge is 0.398 e. The molecule has 0 aliphatic carbocycles. The quantitative estimate of drug-likeness (QED) is 0.554. The third-order valence-electron chi connectivity index (χ3n) is 4.53. The maximum absolute atomic E-state index is 13.2. The number of likely N-dealkylation sites (tertiary alicyclic amines) is 1. The van der Waals surface area contributed by atoms with Crippen LogP contribution in [0.1, 0.15) is 24.0 Å². The Bertz CT molecular complexity index is 765. The minimum atomic E-state index is -0.308. The summed E-state index contributed by atoms with van der Waals surface area (Å²) in [5, 5.41) is 11.4. The number of nitrogens with zero attached hydrogens (tertiary/aromatic N) is 1. The molecule has 0 spiro atoms. The van der Waals surface area contributed by atoms with Gasteiger partial charge in [-0.05, 0) is 55.3 Å². The zero-order chi connectivity index (χ0) is 17.8. The Morgan fingerprint density at radius 3 is 2.92 bits per heavy atom. The van der Waals surface area contributed by atoms with Crippen LogP contribution in [0.3, 0.4) is 0 Å².